The van der Waals surface area contributed by atoms with Crippen LogP contribution in [0.3, 0.4) is 0 Å². The summed E-state index contributed by atoms with van der Waals surface area (Å²) in [5.41, 5.74) is 0. The summed E-state index contributed by atoms with van der Waals surface area (Å²) in [6.07, 6.45) is -0.638. The van der Waals surface area contributed by atoms with Gasteiger partial charge in [-0.1, -0.05) is 0 Å². The van der Waals surface area contributed by atoms with Crippen molar-refractivity contribution in [3.8, 4) is 0 Å². The van der Waals surface area contributed by atoms with E-state index in [1.54, 1.807) is 0 Å². The fraction of sp³-hybridized carbons (Fsp3) is 0.250. The van der Waals surface area contributed by atoms with Crippen LogP contribution < -0.4 is 0 Å². The number of hydrogen-bond acceptors (Lipinski definition) is 4. The second kappa shape index (κ2) is 3.59. The third-order valence-electron chi connectivity index (χ3n) is 0.473. The third kappa shape index (κ3) is 6.61. The molecule has 52 valence electrons. The summed E-state index contributed by atoms with van der Waals surface area (Å²) in [4.78, 5) is 9.57. The summed E-state index contributed by atoms with van der Waals surface area (Å²) >= 11 is 0. The first-order valence-electron chi connectivity index (χ1n) is 2.06. The molecule has 0 fully saturated rings. The normalized spacial score (nSPS) is 8.00. The average Bonchev–Trinajstić information content (AvgIpc) is 1.63. The molecule has 0 spiro atoms. The van der Waals surface area contributed by atoms with Crippen molar-refractivity contribution in [1.82, 2.24) is 0 Å². The molecule has 0 atom stereocenters. The Balaban J connectivity index is 3.31. The van der Waals surface area contributed by atoms with Crippen molar-refractivity contribution >= 4 is 6.16 Å². The van der Waals surface area contributed by atoms with Crippen LogP contribution in [-0.4, -0.2) is 28.1 Å². The van der Waals surface area contributed by atoms with E-state index in [0.717, 1.165) is 6.08 Å². The number of hydrogen-bond donors (Lipinski definition) is 3. The van der Waals surface area contributed by atoms with Crippen molar-refractivity contribution in [3.63, 3.8) is 0 Å². The Morgan fingerprint density at radius 3 is 2.33 bits per heavy atom. The topological polar surface area (TPSA) is 87.0 Å². The van der Waals surface area contributed by atoms with Gasteiger partial charge in [0.05, 0.1) is 0 Å². The molecule has 0 aromatic carbocycles. The quantitative estimate of drug-likeness (QED) is 0.381. The lowest BCUT2D eigenvalue weighted by atomic mass is 10.6. The fourth-order valence-electron chi connectivity index (χ4n) is 0.187. The number of carbonyl (C=O) groups is 1. The van der Waals surface area contributed by atoms with E-state index >= 15 is 0 Å². The minimum Gasteiger partial charge on any atom is -0.481 e. The van der Waals surface area contributed by atoms with E-state index in [0.29, 0.717) is 0 Å². The van der Waals surface area contributed by atoms with Crippen LogP contribution in [0.15, 0.2) is 12.0 Å². The lowest BCUT2D eigenvalue weighted by Crippen LogP contribution is -1.99. The van der Waals surface area contributed by atoms with E-state index in [9.17, 15) is 4.79 Å². The molecule has 9 heavy (non-hydrogen) atoms. The number of aliphatic hydroxyl groups excluding tert-OH is 1. The standard InChI is InChI=1S/C4H6O5/c5-3(6)1-2-9-4(7)8/h1,5-6H,2H2,(H,7,8). The van der Waals surface area contributed by atoms with Crippen LogP contribution in [0.1, 0.15) is 0 Å². The molecule has 0 aromatic heterocycles. The van der Waals surface area contributed by atoms with Gasteiger partial charge in [-0.3, -0.25) is 0 Å². The molecule has 0 rings (SSSR count). The van der Waals surface area contributed by atoms with Gasteiger partial charge in [0.2, 0.25) is 0 Å². The average molecular weight is 134 g/mol. The van der Waals surface area contributed by atoms with Gasteiger partial charge in [-0.2, -0.15) is 0 Å². The minimum atomic E-state index is -1.45. The zero-order valence-electron chi connectivity index (χ0n) is 4.44. The first-order valence-corrected chi connectivity index (χ1v) is 2.06. The second-order valence-electron chi connectivity index (χ2n) is 1.14. The molecule has 5 nitrogen and oxygen atoms in total. The summed E-state index contributed by atoms with van der Waals surface area (Å²) < 4.78 is 3.87. The summed E-state index contributed by atoms with van der Waals surface area (Å²) in [5, 5.41) is 23.8. The van der Waals surface area contributed by atoms with Crippen LogP contribution in [0.4, 0.5) is 4.79 Å². The van der Waals surface area contributed by atoms with Crippen molar-refractivity contribution in [2.24, 2.45) is 0 Å². The Kier molecular flexibility index (Phi) is 3.04. The van der Waals surface area contributed by atoms with Gasteiger partial charge < -0.3 is 20.1 Å². The zero-order chi connectivity index (χ0) is 7.28. The lowest BCUT2D eigenvalue weighted by molar-refractivity contribution is 0.0989. The van der Waals surface area contributed by atoms with E-state index in [1.807, 2.05) is 0 Å². The van der Waals surface area contributed by atoms with E-state index in [1.165, 1.54) is 0 Å². The lowest BCUT2D eigenvalue weighted by Gasteiger charge is -1.91. The predicted octanol–water partition coefficient (Wildman–Crippen LogP) is 0.638. The molecule has 0 aliphatic heterocycles. The van der Waals surface area contributed by atoms with Crippen LogP contribution >= 0.6 is 0 Å². The largest absolute Gasteiger partial charge is 0.506 e. The van der Waals surface area contributed by atoms with Crippen molar-refractivity contribution in [3.05, 3.63) is 12.0 Å². The third-order valence-corrected chi connectivity index (χ3v) is 0.473. The Morgan fingerprint density at radius 2 is 2.00 bits per heavy atom. The number of rotatable bonds is 2. The van der Waals surface area contributed by atoms with Gasteiger partial charge in [0.25, 0.3) is 5.95 Å². The molecule has 0 radical (unpaired) electrons. The number of ether oxygens (including phenoxy) is 1. The van der Waals surface area contributed by atoms with Crippen LogP contribution in [-0.2, 0) is 4.74 Å². The van der Waals surface area contributed by atoms with E-state index in [-0.39, 0.29) is 6.61 Å². The summed E-state index contributed by atoms with van der Waals surface area (Å²) in [6, 6.07) is 0. The van der Waals surface area contributed by atoms with Crippen molar-refractivity contribution in [2.75, 3.05) is 6.61 Å². The van der Waals surface area contributed by atoms with Gasteiger partial charge in [-0.25, -0.2) is 4.79 Å². The van der Waals surface area contributed by atoms with Crippen molar-refractivity contribution in [1.29, 1.82) is 0 Å². The molecule has 0 bridgehead atoms. The minimum absolute atomic E-state index is 0.350. The van der Waals surface area contributed by atoms with Crippen LogP contribution in [0.25, 0.3) is 0 Å². The Bertz CT molecular complexity index is 123. The van der Waals surface area contributed by atoms with Gasteiger partial charge in [-0.05, 0) is 0 Å². The summed E-state index contributed by atoms with van der Waals surface area (Å²) in [6.45, 7) is -0.350. The summed E-state index contributed by atoms with van der Waals surface area (Å²) in [5.74, 6) is -0.948. The maximum Gasteiger partial charge on any atom is 0.506 e. The number of carboxylic acid groups (broad SMARTS) is 1. The highest BCUT2D eigenvalue weighted by Crippen LogP contribution is 1.81. The van der Waals surface area contributed by atoms with E-state index in [4.69, 9.17) is 15.3 Å². The molecule has 0 aliphatic carbocycles. The molecule has 0 unspecified atom stereocenters. The summed E-state index contributed by atoms with van der Waals surface area (Å²) in [7, 11) is 0. The van der Waals surface area contributed by atoms with Crippen molar-refractivity contribution in [2.45, 2.75) is 0 Å². The Labute approximate surface area is 50.8 Å². The zero-order valence-corrected chi connectivity index (χ0v) is 4.44. The smallest absolute Gasteiger partial charge is 0.481 e. The highest BCUT2D eigenvalue weighted by Gasteiger charge is 1.92. The molecule has 0 heterocycles. The molecular weight excluding hydrogens is 128 g/mol. The van der Waals surface area contributed by atoms with E-state index in [2.05, 4.69) is 4.74 Å². The Hall–Kier alpha value is -1.39. The van der Waals surface area contributed by atoms with Gasteiger partial charge in [0.15, 0.2) is 0 Å². The van der Waals surface area contributed by atoms with Gasteiger partial charge in [-0.15, -0.1) is 0 Å². The Morgan fingerprint density at radius 1 is 1.44 bits per heavy atom. The molecule has 3 N–H and O–H groups in total. The molecular formula is C4H6O5. The van der Waals surface area contributed by atoms with Crippen molar-refractivity contribution < 1.29 is 24.9 Å². The highest BCUT2D eigenvalue weighted by molar-refractivity contribution is 5.56. The molecule has 0 saturated carbocycles. The van der Waals surface area contributed by atoms with E-state index < -0.39 is 12.1 Å². The second-order valence-corrected chi connectivity index (χ2v) is 1.14. The fourth-order valence-corrected chi connectivity index (χ4v) is 0.187. The maximum absolute atomic E-state index is 9.57. The molecule has 0 saturated heterocycles. The highest BCUT2D eigenvalue weighted by atomic mass is 16.7. The molecule has 5 heteroatoms. The van der Waals surface area contributed by atoms with Gasteiger partial charge in [0.1, 0.15) is 6.61 Å². The SMILES string of the molecule is O=C(O)OCC=C(O)O. The van der Waals surface area contributed by atoms with Gasteiger partial charge in [0, 0.05) is 6.08 Å². The first-order chi connectivity index (χ1) is 4.13. The number of aliphatic hydroxyl groups is 2. The maximum atomic E-state index is 9.57. The van der Waals surface area contributed by atoms with Crippen LogP contribution in [0.2, 0.25) is 0 Å². The molecule has 0 aromatic rings. The van der Waals surface area contributed by atoms with Crippen LogP contribution in [0.5, 0.6) is 0 Å². The monoisotopic (exact) mass is 134 g/mol. The first kappa shape index (κ1) is 7.61. The predicted molar refractivity (Wildman–Crippen MR) is 27.3 cm³/mol. The molecule has 0 aliphatic rings. The van der Waals surface area contributed by atoms with Crippen LogP contribution in [0, 0.1) is 0 Å². The van der Waals surface area contributed by atoms with Gasteiger partial charge >= 0.3 is 6.16 Å². The molecule has 0 amide bonds.